The highest BCUT2D eigenvalue weighted by Crippen LogP contribution is 2.34. The van der Waals surface area contributed by atoms with Gasteiger partial charge in [0.1, 0.15) is 17.0 Å². The molecule has 0 aliphatic carbocycles. The average Bonchev–Trinajstić information content (AvgIpc) is 3.40. The molecular weight excluding hydrogens is 474 g/mol. The topological polar surface area (TPSA) is 48.0 Å². The molecule has 5 rings (SSSR count). The lowest BCUT2D eigenvalue weighted by Crippen LogP contribution is -2.04. The molecule has 0 atom stereocenters. The summed E-state index contributed by atoms with van der Waals surface area (Å²) < 4.78 is 42.5. The third-order valence-electron chi connectivity index (χ3n) is 5.13. The fraction of sp³-hybridized carbons (Fsp3) is 0.0870. The summed E-state index contributed by atoms with van der Waals surface area (Å²) in [4.78, 5) is 4.64. The van der Waals surface area contributed by atoms with Crippen LogP contribution in [0.5, 0.6) is 0 Å². The highest BCUT2D eigenvalue weighted by molar-refractivity contribution is 6.42. The van der Waals surface area contributed by atoms with Gasteiger partial charge in [0.2, 0.25) is 0 Å². The largest absolute Gasteiger partial charge is 0.416 e. The molecule has 0 radical (unpaired) electrons. The number of halogens is 5. The standard InChI is InChI=1S/C23H14Cl2F3N5/c24-17-9-4-14(11-18(17)25)12-32-13-19(30-31-32)22-21(29-20-3-1-2-10-33(20)22)15-5-7-16(8-6-15)23(26,27)28/h1-11,13H,12H2. The fourth-order valence-electron chi connectivity index (χ4n) is 3.57. The van der Waals surface area contributed by atoms with E-state index in [1.54, 1.807) is 23.0 Å². The Morgan fingerprint density at radius 3 is 2.42 bits per heavy atom. The molecule has 0 amide bonds. The molecule has 0 saturated heterocycles. The van der Waals surface area contributed by atoms with E-state index in [1.807, 2.05) is 34.9 Å². The van der Waals surface area contributed by atoms with Crippen LogP contribution in [0.25, 0.3) is 28.3 Å². The zero-order chi connectivity index (χ0) is 23.2. The van der Waals surface area contributed by atoms with Crippen LogP contribution < -0.4 is 0 Å². The van der Waals surface area contributed by atoms with Gasteiger partial charge in [-0.2, -0.15) is 13.2 Å². The maximum Gasteiger partial charge on any atom is 0.416 e. The third kappa shape index (κ3) is 4.19. The van der Waals surface area contributed by atoms with Gasteiger partial charge in [-0.1, -0.05) is 52.7 Å². The predicted molar refractivity (Wildman–Crippen MR) is 120 cm³/mol. The van der Waals surface area contributed by atoms with Crippen LogP contribution >= 0.6 is 23.2 Å². The van der Waals surface area contributed by atoms with Crippen molar-refractivity contribution in [2.45, 2.75) is 12.7 Å². The van der Waals surface area contributed by atoms with Crippen molar-refractivity contribution >= 4 is 28.8 Å². The van der Waals surface area contributed by atoms with Crippen molar-refractivity contribution in [1.29, 1.82) is 0 Å². The van der Waals surface area contributed by atoms with Crippen molar-refractivity contribution in [3.8, 4) is 22.6 Å². The van der Waals surface area contributed by atoms with E-state index < -0.39 is 11.7 Å². The lowest BCUT2D eigenvalue weighted by molar-refractivity contribution is -0.137. The molecule has 3 aromatic heterocycles. The first kappa shape index (κ1) is 21.5. The molecular formula is C23H14Cl2F3N5. The summed E-state index contributed by atoms with van der Waals surface area (Å²) in [5.74, 6) is 0. The fourth-order valence-corrected chi connectivity index (χ4v) is 3.89. The lowest BCUT2D eigenvalue weighted by atomic mass is 10.1. The summed E-state index contributed by atoms with van der Waals surface area (Å²) in [6.45, 7) is 0.413. The van der Waals surface area contributed by atoms with Crippen LogP contribution in [0.3, 0.4) is 0 Å². The number of imidazole rings is 1. The molecule has 0 spiro atoms. The molecule has 5 aromatic rings. The van der Waals surface area contributed by atoms with Gasteiger partial charge in [0, 0.05) is 11.8 Å². The molecule has 3 heterocycles. The van der Waals surface area contributed by atoms with Gasteiger partial charge in [0.15, 0.2) is 0 Å². The Morgan fingerprint density at radius 2 is 1.70 bits per heavy atom. The minimum Gasteiger partial charge on any atom is -0.298 e. The number of aromatic nitrogens is 5. The van der Waals surface area contributed by atoms with E-state index >= 15 is 0 Å². The number of benzene rings is 2. The molecule has 166 valence electrons. The molecule has 0 aliphatic rings. The first-order valence-electron chi connectivity index (χ1n) is 9.79. The van der Waals surface area contributed by atoms with Gasteiger partial charge in [-0.3, -0.25) is 4.40 Å². The van der Waals surface area contributed by atoms with E-state index in [4.69, 9.17) is 23.2 Å². The summed E-state index contributed by atoms with van der Waals surface area (Å²) in [5.41, 5.74) is 3.03. The Labute approximate surface area is 196 Å². The Morgan fingerprint density at radius 1 is 0.909 bits per heavy atom. The van der Waals surface area contributed by atoms with Crippen LogP contribution in [0.15, 0.2) is 73.1 Å². The van der Waals surface area contributed by atoms with E-state index in [1.165, 1.54) is 12.1 Å². The second kappa shape index (κ2) is 8.20. The lowest BCUT2D eigenvalue weighted by Gasteiger charge is -2.07. The van der Waals surface area contributed by atoms with Crippen LogP contribution in [-0.2, 0) is 12.7 Å². The van der Waals surface area contributed by atoms with E-state index in [0.29, 0.717) is 44.9 Å². The van der Waals surface area contributed by atoms with Gasteiger partial charge in [-0.25, -0.2) is 9.67 Å². The third-order valence-corrected chi connectivity index (χ3v) is 5.86. The summed E-state index contributed by atoms with van der Waals surface area (Å²) in [6.07, 6.45) is -0.830. The van der Waals surface area contributed by atoms with Crippen molar-refractivity contribution in [3.05, 3.63) is 94.2 Å². The van der Waals surface area contributed by atoms with Crippen LogP contribution in [0.1, 0.15) is 11.1 Å². The zero-order valence-corrected chi connectivity index (χ0v) is 18.3. The molecule has 0 saturated carbocycles. The number of alkyl halides is 3. The molecule has 0 unspecified atom stereocenters. The van der Waals surface area contributed by atoms with E-state index in [2.05, 4.69) is 15.3 Å². The number of hydrogen-bond donors (Lipinski definition) is 0. The second-order valence-corrected chi connectivity index (χ2v) is 8.18. The Bertz CT molecular complexity index is 1460. The predicted octanol–water partition coefficient (Wildman–Crippen LogP) is 6.63. The summed E-state index contributed by atoms with van der Waals surface area (Å²) in [6, 6.07) is 15.7. The highest BCUT2D eigenvalue weighted by atomic mass is 35.5. The van der Waals surface area contributed by atoms with Crippen molar-refractivity contribution in [1.82, 2.24) is 24.4 Å². The monoisotopic (exact) mass is 487 g/mol. The number of hydrogen-bond acceptors (Lipinski definition) is 3. The maximum atomic E-state index is 13.0. The van der Waals surface area contributed by atoms with Crippen molar-refractivity contribution in [2.75, 3.05) is 0 Å². The van der Waals surface area contributed by atoms with Crippen molar-refractivity contribution in [2.24, 2.45) is 0 Å². The second-order valence-electron chi connectivity index (χ2n) is 7.36. The Hall–Kier alpha value is -3.36. The van der Waals surface area contributed by atoms with Gasteiger partial charge in [0.25, 0.3) is 0 Å². The molecule has 10 heteroatoms. The van der Waals surface area contributed by atoms with E-state index in [0.717, 1.165) is 17.7 Å². The van der Waals surface area contributed by atoms with Gasteiger partial charge >= 0.3 is 6.18 Å². The van der Waals surface area contributed by atoms with Crippen molar-refractivity contribution in [3.63, 3.8) is 0 Å². The quantitative estimate of drug-likeness (QED) is 0.285. The van der Waals surface area contributed by atoms with Gasteiger partial charge in [0.05, 0.1) is 34.0 Å². The number of pyridine rings is 1. The molecule has 2 aromatic carbocycles. The first-order valence-corrected chi connectivity index (χ1v) is 10.5. The van der Waals surface area contributed by atoms with E-state index in [-0.39, 0.29) is 0 Å². The molecule has 0 N–H and O–H groups in total. The van der Waals surface area contributed by atoms with Crippen LogP contribution in [-0.4, -0.2) is 24.4 Å². The van der Waals surface area contributed by atoms with Gasteiger partial charge in [-0.05, 0) is 42.0 Å². The van der Waals surface area contributed by atoms with Gasteiger partial charge in [-0.15, -0.1) is 5.10 Å². The minimum absolute atomic E-state index is 0.413. The van der Waals surface area contributed by atoms with Gasteiger partial charge < -0.3 is 0 Å². The number of fused-ring (bicyclic) bond motifs is 1. The van der Waals surface area contributed by atoms with E-state index in [9.17, 15) is 13.2 Å². The number of rotatable bonds is 4. The molecule has 0 aliphatic heterocycles. The average molecular weight is 488 g/mol. The molecule has 0 bridgehead atoms. The first-order chi connectivity index (χ1) is 15.8. The Kier molecular flexibility index (Phi) is 5.34. The molecule has 5 nitrogen and oxygen atoms in total. The minimum atomic E-state index is -4.41. The Balaban J connectivity index is 1.56. The molecule has 33 heavy (non-hydrogen) atoms. The van der Waals surface area contributed by atoms with Crippen LogP contribution in [0.2, 0.25) is 10.0 Å². The zero-order valence-electron chi connectivity index (χ0n) is 16.8. The normalized spacial score (nSPS) is 11.9. The summed E-state index contributed by atoms with van der Waals surface area (Å²) in [7, 11) is 0. The van der Waals surface area contributed by atoms with Crippen LogP contribution in [0.4, 0.5) is 13.2 Å². The van der Waals surface area contributed by atoms with Crippen molar-refractivity contribution < 1.29 is 13.2 Å². The summed E-state index contributed by atoms with van der Waals surface area (Å²) in [5, 5.41) is 9.42. The number of nitrogens with zero attached hydrogens (tertiary/aromatic N) is 5. The van der Waals surface area contributed by atoms with Crippen LogP contribution in [0, 0.1) is 0 Å². The smallest absolute Gasteiger partial charge is 0.298 e. The highest BCUT2D eigenvalue weighted by Gasteiger charge is 2.30. The molecule has 0 fully saturated rings. The SMILES string of the molecule is FC(F)(F)c1ccc(-c2nc3ccccn3c2-c2cn(Cc3ccc(Cl)c(Cl)c3)nn2)cc1. The summed E-state index contributed by atoms with van der Waals surface area (Å²) >= 11 is 12.1. The maximum absolute atomic E-state index is 13.0.